The van der Waals surface area contributed by atoms with Crippen LogP contribution in [0.25, 0.3) is 10.1 Å². The van der Waals surface area contributed by atoms with E-state index in [2.05, 4.69) is 10.3 Å². The molecule has 2 aromatic heterocycles. The van der Waals surface area contributed by atoms with Gasteiger partial charge in [0, 0.05) is 18.9 Å². The summed E-state index contributed by atoms with van der Waals surface area (Å²) in [5, 5.41) is 3.79. The Balaban J connectivity index is 1.46. The van der Waals surface area contributed by atoms with Crippen molar-refractivity contribution in [3.05, 3.63) is 88.8 Å². The molecule has 2 aromatic carbocycles. The number of amides is 1. The van der Waals surface area contributed by atoms with Gasteiger partial charge in [-0.05, 0) is 59.8 Å². The predicted molar refractivity (Wildman–Crippen MR) is 114 cm³/mol. The molecule has 4 rings (SSSR count). The number of fused-ring (bicyclic) bond motifs is 1. The molecule has 2 heterocycles. The third-order valence-electron chi connectivity index (χ3n) is 4.69. The van der Waals surface area contributed by atoms with Crippen LogP contribution in [0.15, 0.2) is 76.8 Å². The first-order valence-corrected chi connectivity index (χ1v) is 11.4. The second-order valence-electron chi connectivity index (χ2n) is 6.77. The van der Waals surface area contributed by atoms with E-state index in [0.29, 0.717) is 10.4 Å². The Labute approximate surface area is 177 Å². The number of nitrogens with zero attached hydrogens (tertiary/aromatic N) is 1. The number of aryl methyl sites for hydroxylation is 1. The molecule has 0 aliphatic rings. The van der Waals surface area contributed by atoms with Crippen LogP contribution < -0.4 is 5.32 Å². The van der Waals surface area contributed by atoms with Gasteiger partial charge in [0.15, 0.2) is 0 Å². The fourth-order valence-electron chi connectivity index (χ4n) is 2.93. The van der Waals surface area contributed by atoms with Crippen LogP contribution in [-0.4, -0.2) is 19.3 Å². The Bertz CT molecular complexity index is 1310. The van der Waals surface area contributed by atoms with Crippen LogP contribution in [0, 0.1) is 12.7 Å². The molecule has 8 heteroatoms. The lowest BCUT2D eigenvalue weighted by Gasteiger charge is -2.08. The average Bonchev–Trinajstić information content (AvgIpc) is 3.18. The highest BCUT2D eigenvalue weighted by Crippen LogP contribution is 2.25. The molecule has 30 heavy (non-hydrogen) atoms. The predicted octanol–water partition coefficient (Wildman–Crippen LogP) is 4.51. The van der Waals surface area contributed by atoms with Gasteiger partial charge >= 0.3 is 0 Å². The second-order valence-corrected chi connectivity index (χ2v) is 9.80. The summed E-state index contributed by atoms with van der Waals surface area (Å²) in [6.45, 7) is 1.83. The van der Waals surface area contributed by atoms with Crippen LogP contribution in [0.2, 0.25) is 0 Å². The van der Waals surface area contributed by atoms with E-state index in [1.807, 2.05) is 12.1 Å². The molecule has 0 saturated carbocycles. The van der Waals surface area contributed by atoms with Gasteiger partial charge < -0.3 is 5.32 Å². The molecular weight excluding hydrogens is 423 g/mol. The SMILES string of the molecule is Cc1ccc(S(=O)(=O)c2ccc(CNC(=O)c3cc4ccncc4s3)cc2)cc1F. The number of rotatable bonds is 5. The number of aromatic nitrogens is 1. The minimum absolute atomic E-state index is 0.0674. The molecule has 5 nitrogen and oxygen atoms in total. The third kappa shape index (κ3) is 3.96. The number of nitrogens with one attached hydrogen (secondary N) is 1. The van der Waals surface area contributed by atoms with Gasteiger partial charge in [0.1, 0.15) is 5.82 Å². The Morgan fingerprint density at radius 3 is 2.50 bits per heavy atom. The second kappa shape index (κ2) is 7.97. The van der Waals surface area contributed by atoms with Crippen molar-refractivity contribution in [1.82, 2.24) is 10.3 Å². The maximum Gasteiger partial charge on any atom is 0.261 e. The first-order valence-electron chi connectivity index (χ1n) is 9.06. The lowest BCUT2D eigenvalue weighted by molar-refractivity contribution is 0.0955. The van der Waals surface area contributed by atoms with E-state index in [9.17, 15) is 17.6 Å². The number of carbonyl (C=O) groups excluding carboxylic acids is 1. The molecule has 0 aliphatic carbocycles. The van der Waals surface area contributed by atoms with Crippen molar-refractivity contribution < 1.29 is 17.6 Å². The molecule has 0 saturated heterocycles. The van der Waals surface area contributed by atoms with Gasteiger partial charge in [-0.2, -0.15) is 0 Å². The average molecular weight is 441 g/mol. The molecular formula is C22H17FN2O3S2. The molecule has 0 radical (unpaired) electrons. The Morgan fingerprint density at radius 2 is 1.80 bits per heavy atom. The van der Waals surface area contributed by atoms with Gasteiger partial charge in [0.2, 0.25) is 9.84 Å². The molecule has 0 spiro atoms. The number of halogens is 1. The van der Waals surface area contributed by atoms with Crippen molar-refractivity contribution in [2.24, 2.45) is 0 Å². The highest BCUT2D eigenvalue weighted by Gasteiger charge is 2.19. The molecule has 1 amide bonds. The molecule has 0 bridgehead atoms. The standard InChI is InChI=1S/C22H17FN2O3S2/c1-14-2-5-18(11-19(14)23)30(27,28)17-6-3-15(4-7-17)12-25-22(26)20-10-16-8-9-24-13-21(16)29-20/h2-11,13H,12H2,1H3,(H,25,26). The maximum atomic E-state index is 13.8. The summed E-state index contributed by atoms with van der Waals surface area (Å²) in [4.78, 5) is 17.0. The molecule has 0 unspecified atom stereocenters. The highest BCUT2D eigenvalue weighted by molar-refractivity contribution is 7.91. The summed E-state index contributed by atoms with van der Waals surface area (Å²) in [7, 11) is -3.82. The number of thiophene rings is 1. The summed E-state index contributed by atoms with van der Waals surface area (Å²) in [6, 6.07) is 13.7. The van der Waals surface area contributed by atoms with E-state index in [1.54, 1.807) is 31.5 Å². The fraction of sp³-hybridized carbons (Fsp3) is 0.0909. The van der Waals surface area contributed by atoms with Crippen LogP contribution in [0.3, 0.4) is 0 Å². The van der Waals surface area contributed by atoms with Gasteiger partial charge in [-0.3, -0.25) is 9.78 Å². The normalized spacial score (nSPS) is 11.5. The van der Waals surface area contributed by atoms with Crippen LogP contribution in [0.5, 0.6) is 0 Å². The minimum atomic E-state index is -3.82. The highest BCUT2D eigenvalue weighted by atomic mass is 32.2. The van der Waals surface area contributed by atoms with E-state index >= 15 is 0 Å². The summed E-state index contributed by atoms with van der Waals surface area (Å²) in [5.41, 5.74) is 1.13. The number of pyridine rings is 1. The minimum Gasteiger partial charge on any atom is -0.347 e. The molecule has 152 valence electrons. The zero-order chi connectivity index (χ0) is 21.3. The molecule has 0 fully saturated rings. The van der Waals surface area contributed by atoms with E-state index < -0.39 is 15.7 Å². The van der Waals surface area contributed by atoms with E-state index in [0.717, 1.165) is 21.7 Å². The lowest BCUT2D eigenvalue weighted by atomic mass is 10.2. The first kappa shape index (κ1) is 20.2. The van der Waals surface area contributed by atoms with E-state index in [-0.39, 0.29) is 22.2 Å². The van der Waals surface area contributed by atoms with E-state index in [4.69, 9.17) is 0 Å². The molecule has 1 N–H and O–H groups in total. The van der Waals surface area contributed by atoms with Gasteiger partial charge in [-0.1, -0.05) is 18.2 Å². The van der Waals surface area contributed by atoms with Crippen molar-refractivity contribution in [3.63, 3.8) is 0 Å². The van der Waals surface area contributed by atoms with Crippen molar-refractivity contribution in [2.75, 3.05) is 0 Å². The third-order valence-corrected chi connectivity index (χ3v) is 7.54. The summed E-state index contributed by atoms with van der Waals surface area (Å²) in [5.74, 6) is -0.768. The molecule has 4 aromatic rings. The van der Waals surface area contributed by atoms with Crippen LogP contribution >= 0.6 is 11.3 Å². The molecule has 0 atom stereocenters. The first-order chi connectivity index (χ1) is 14.3. The van der Waals surface area contributed by atoms with E-state index in [1.165, 1.54) is 35.6 Å². The smallest absolute Gasteiger partial charge is 0.261 e. The van der Waals surface area contributed by atoms with Gasteiger partial charge in [-0.25, -0.2) is 12.8 Å². The monoisotopic (exact) mass is 440 g/mol. The van der Waals surface area contributed by atoms with Crippen LogP contribution in [0.4, 0.5) is 4.39 Å². The van der Waals surface area contributed by atoms with Crippen molar-refractivity contribution in [1.29, 1.82) is 0 Å². The fourth-order valence-corrected chi connectivity index (χ4v) is 5.15. The van der Waals surface area contributed by atoms with Gasteiger partial charge in [-0.15, -0.1) is 11.3 Å². The Hall–Kier alpha value is -3.10. The number of carbonyl (C=O) groups is 1. The molecule has 0 aliphatic heterocycles. The number of hydrogen-bond acceptors (Lipinski definition) is 5. The summed E-state index contributed by atoms with van der Waals surface area (Å²) in [6.07, 6.45) is 3.40. The maximum absolute atomic E-state index is 13.8. The summed E-state index contributed by atoms with van der Waals surface area (Å²) >= 11 is 1.36. The van der Waals surface area contributed by atoms with Crippen LogP contribution in [0.1, 0.15) is 20.8 Å². The quantitative estimate of drug-likeness (QED) is 0.496. The zero-order valence-corrected chi connectivity index (χ0v) is 17.6. The van der Waals surface area contributed by atoms with Crippen LogP contribution in [-0.2, 0) is 16.4 Å². The summed E-state index contributed by atoms with van der Waals surface area (Å²) < 4.78 is 40.1. The number of benzene rings is 2. The lowest BCUT2D eigenvalue weighted by Crippen LogP contribution is -2.21. The zero-order valence-electron chi connectivity index (χ0n) is 15.9. The largest absolute Gasteiger partial charge is 0.347 e. The van der Waals surface area contributed by atoms with Gasteiger partial charge in [0.05, 0.1) is 19.4 Å². The Kier molecular flexibility index (Phi) is 5.36. The van der Waals surface area contributed by atoms with Crippen molar-refractivity contribution in [2.45, 2.75) is 23.3 Å². The topological polar surface area (TPSA) is 76.1 Å². The van der Waals surface area contributed by atoms with Gasteiger partial charge in [0.25, 0.3) is 5.91 Å². The van der Waals surface area contributed by atoms with Crippen molar-refractivity contribution >= 4 is 37.2 Å². The number of hydrogen-bond donors (Lipinski definition) is 1. The van der Waals surface area contributed by atoms with Crippen molar-refractivity contribution in [3.8, 4) is 0 Å². The Morgan fingerprint density at radius 1 is 1.07 bits per heavy atom. The number of sulfone groups is 1.